The zero-order valence-electron chi connectivity index (χ0n) is 19.3. The number of benzene rings is 3. The molecular formula is C31H27N3. The lowest BCUT2D eigenvalue weighted by molar-refractivity contribution is 1.09. The van der Waals surface area contributed by atoms with Gasteiger partial charge in [-0.1, -0.05) is 79.4 Å². The Morgan fingerprint density at radius 2 is 1.74 bits per heavy atom. The summed E-state index contributed by atoms with van der Waals surface area (Å²) in [4.78, 5) is 0. The van der Waals surface area contributed by atoms with Crippen LogP contribution in [0.1, 0.15) is 22.4 Å². The Morgan fingerprint density at radius 1 is 1.03 bits per heavy atom. The van der Waals surface area contributed by atoms with Gasteiger partial charge >= 0.3 is 0 Å². The largest absolute Gasteiger partial charge is 0.405 e. The Labute approximate surface area is 201 Å². The van der Waals surface area contributed by atoms with Crippen LogP contribution < -0.4 is 5.73 Å². The van der Waals surface area contributed by atoms with Crippen molar-refractivity contribution in [2.45, 2.75) is 13.3 Å². The van der Waals surface area contributed by atoms with Crippen LogP contribution >= 0.6 is 0 Å². The van der Waals surface area contributed by atoms with Crippen molar-refractivity contribution in [3.05, 3.63) is 138 Å². The summed E-state index contributed by atoms with van der Waals surface area (Å²) >= 11 is 0. The maximum Gasteiger partial charge on any atom is 0.0988 e. The number of fused-ring (bicyclic) bond motifs is 1. The molecule has 0 bridgehead atoms. The smallest absolute Gasteiger partial charge is 0.0988 e. The van der Waals surface area contributed by atoms with Crippen LogP contribution in [0.25, 0.3) is 28.2 Å². The van der Waals surface area contributed by atoms with Crippen molar-refractivity contribution in [1.82, 2.24) is 4.57 Å². The quantitative estimate of drug-likeness (QED) is 0.245. The molecule has 0 spiro atoms. The highest BCUT2D eigenvalue weighted by atomic mass is 15.0. The molecule has 0 saturated heterocycles. The summed E-state index contributed by atoms with van der Waals surface area (Å²) in [6, 6.07) is 29.4. The van der Waals surface area contributed by atoms with Crippen molar-refractivity contribution < 1.29 is 0 Å². The van der Waals surface area contributed by atoms with Gasteiger partial charge < -0.3 is 10.3 Å². The third-order valence-corrected chi connectivity index (χ3v) is 5.93. The Balaban J connectivity index is 1.92. The van der Waals surface area contributed by atoms with E-state index >= 15 is 0 Å². The summed E-state index contributed by atoms with van der Waals surface area (Å²) in [6.45, 7) is 6.24. The number of para-hydroxylation sites is 1. The predicted octanol–water partition coefficient (Wildman–Crippen LogP) is 7.13. The monoisotopic (exact) mass is 441 g/mol. The van der Waals surface area contributed by atoms with E-state index in [4.69, 9.17) is 5.73 Å². The van der Waals surface area contributed by atoms with Gasteiger partial charge in [0.1, 0.15) is 0 Å². The van der Waals surface area contributed by atoms with Crippen molar-refractivity contribution in [2.24, 2.45) is 5.73 Å². The van der Waals surface area contributed by atoms with Crippen molar-refractivity contribution >= 4 is 22.6 Å². The van der Waals surface area contributed by atoms with Gasteiger partial charge in [-0.15, -0.1) is 0 Å². The van der Waals surface area contributed by atoms with E-state index in [2.05, 4.69) is 84.8 Å². The minimum Gasteiger partial charge on any atom is -0.405 e. The first kappa shape index (κ1) is 22.6. The molecule has 0 saturated carbocycles. The average molecular weight is 442 g/mol. The van der Waals surface area contributed by atoms with Gasteiger partial charge in [-0.2, -0.15) is 5.26 Å². The van der Waals surface area contributed by atoms with E-state index in [9.17, 15) is 5.26 Å². The Kier molecular flexibility index (Phi) is 6.91. The van der Waals surface area contributed by atoms with Gasteiger partial charge in [-0.05, 0) is 72.2 Å². The highest BCUT2D eigenvalue weighted by Gasteiger charge is 2.15. The van der Waals surface area contributed by atoms with Gasteiger partial charge in [0.2, 0.25) is 0 Å². The number of aromatic nitrogens is 1. The molecule has 1 aromatic heterocycles. The minimum absolute atomic E-state index is 0.555. The number of hydrogen-bond donors (Lipinski definition) is 1. The van der Waals surface area contributed by atoms with Crippen molar-refractivity contribution in [3.63, 3.8) is 0 Å². The van der Waals surface area contributed by atoms with Crippen LogP contribution in [0.4, 0.5) is 0 Å². The van der Waals surface area contributed by atoms with Gasteiger partial charge in [-0.25, -0.2) is 0 Å². The van der Waals surface area contributed by atoms with E-state index in [0.29, 0.717) is 12.0 Å². The molecule has 34 heavy (non-hydrogen) atoms. The van der Waals surface area contributed by atoms with Crippen LogP contribution in [0.2, 0.25) is 0 Å². The summed E-state index contributed by atoms with van der Waals surface area (Å²) in [5, 5.41) is 10.5. The SMILES string of the molecule is C=C/C(=C\c1c(C)c2ccc(C/C=C(C#N)\C=C/N)cc2n1-c1ccccc1)c1ccccc1. The number of nitrogens with two attached hydrogens (primary N) is 1. The number of allylic oxidation sites excluding steroid dienone is 5. The number of hydrogen-bond acceptors (Lipinski definition) is 2. The molecule has 3 heteroatoms. The summed E-state index contributed by atoms with van der Waals surface area (Å²) < 4.78 is 2.30. The second-order valence-corrected chi connectivity index (χ2v) is 8.04. The van der Waals surface area contributed by atoms with Crippen LogP contribution in [0, 0.1) is 18.3 Å². The number of nitrogens with zero attached hydrogens (tertiary/aromatic N) is 2. The van der Waals surface area contributed by atoms with Crippen LogP contribution in [-0.4, -0.2) is 4.57 Å². The first-order valence-electron chi connectivity index (χ1n) is 11.2. The molecular weight excluding hydrogens is 414 g/mol. The molecule has 4 aromatic rings. The maximum absolute atomic E-state index is 9.30. The van der Waals surface area contributed by atoms with E-state index in [1.54, 1.807) is 6.08 Å². The van der Waals surface area contributed by atoms with Crippen molar-refractivity contribution in [3.8, 4) is 11.8 Å². The van der Waals surface area contributed by atoms with Crippen molar-refractivity contribution in [1.29, 1.82) is 5.26 Å². The highest BCUT2D eigenvalue weighted by molar-refractivity contribution is 5.95. The van der Waals surface area contributed by atoms with E-state index in [1.165, 1.54) is 17.1 Å². The fourth-order valence-corrected chi connectivity index (χ4v) is 4.19. The molecule has 3 nitrogen and oxygen atoms in total. The summed E-state index contributed by atoms with van der Waals surface area (Å²) in [5.74, 6) is 0. The second-order valence-electron chi connectivity index (χ2n) is 8.04. The summed E-state index contributed by atoms with van der Waals surface area (Å²) in [6.07, 6.45) is 9.69. The van der Waals surface area contributed by atoms with E-state index in [0.717, 1.165) is 33.6 Å². The predicted molar refractivity (Wildman–Crippen MR) is 143 cm³/mol. The van der Waals surface area contributed by atoms with Crippen LogP contribution in [-0.2, 0) is 6.42 Å². The summed E-state index contributed by atoms with van der Waals surface area (Å²) in [7, 11) is 0. The molecule has 166 valence electrons. The van der Waals surface area contributed by atoms with E-state index < -0.39 is 0 Å². The fourth-order valence-electron chi connectivity index (χ4n) is 4.19. The van der Waals surface area contributed by atoms with E-state index in [1.807, 2.05) is 36.4 Å². The van der Waals surface area contributed by atoms with Crippen LogP contribution in [0.15, 0.2) is 115 Å². The summed E-state index contributed by atoms with van der Waals surface area (Å²) in [5.41, 5.74) is 13.9. The zero-order chi connectivity index (χ0) is 23.9. The average Bonchev–Trinajstić information content (AvgIpc) is 3.16. The lowest BCUT2D eigenvalue weighted by atomic mass is 10.0. The van der Waals surface area contributed by atoms with Crippen molar-refractivity contribution in [2.75, 3.05) is 0 Å². The van der Waals surface area contributed by atoms with Gasteiger partial charge in [0.25, 0.3) is 0 Å². The molecule has 3 aromatic carbocycles. The molecule has 0 radical (unpaired) electrons. The third kappa shape index (κ3) is 4.62. The molecule has 4 rings (SSSR count). The molecule has 0 atom stereocenters. The lowest BCUT2D eigenvalue weighted by Gasteiger charge is -2.11. The molecule has 0 amide bonds. The van der Waals surface area contributed by atoms with Gasteiger partial charge in [0, 0.05) is 16.6 Å². The maximum atomic E-state index is 9.30. The van der Waals surface area contributed by atoms with Crippen LogP contribution in [0.5, 0.6) is 0 Å². The molecule has 0 fully saturated rings. The van der Waals surface area contributed by atoms with Gasteiger partial charge in [-0.3, -0.25) is 0 Å². The van der Waals surface area contributed by atoms with Gasteiger partial charge in [0.05, 0.1) is 17.3 Å². The first-order valence-corrected chi connectivity index (χ1v) is 11.2. The fraction of sp³-hybridized carbons (Fsp3) is 0.0645. The number of rotatable bonds is 7. The molecule has 0 unspecified atom stereocenters. The molecule has 0 aliphatic heterocycles. The lowest BCUT2D eigenvalue weighted by Crippen LogP contribution is -1.98. The Morgan fingerprint density at radius 3 is 2.38 bits per heavy atom. The second kappa shape index (κ2) is 10.4. The number of nitriles is 1. The standard InChI is InChI=1S/C31H27N3/c1-3-26(27-10-6-4-7-11-27)21-30-23(2)29-17-16-24(14-15-25(22-33)18-19-32)20-31(29)34(30)28-12-8-5-9-13-28/h3-13,15-21H,1,14,32H2,2H3/b19-18-,25-15+,26-21+. The topological polar surface area (TPSA) is 54.7 Å². The Bertz CT molecular complexity index is 1440. The van der Waals surface area contributed by atoms with Gasteiger partial charge in [0.15, 0.2) is 0 Å². The molecule has 2 N–H and O–H groups in total. The van der Waals surface area contributed by atoms with Crippen LogP contribution in [0.3, 0.4) is 0 Å². The molecule has 0 aliphatic rings. The normalized spacial score (nSPS) is 12.2. The Hall–Kier alpha value is -4.55. The first-order chi connectivity index (χ1) is 16.7. The molecule has 0 aliphatic carbocycles. The third-order valence-electron chi connectivity index (χ3n) is 5.93. The molecule has 1 heterocycles. The number of aryl methyl sites for hydroxylation is 1. The minimum atomic E-state index is 0.555. The highest BCUT2D eigenvalue weighted by Crippen LogP contribution is 2.33. The zero-order valence-corrected chi connectivity index (χ0v) is 19.3. The van der Waals surface area contributed by atoms with E-state index in [-0.39, 0.29) is 0 Å².